The Balaban J connectivity index is 1.56. The monoisotopic (exact) mass is 430 g/mol. The highest BCUT2D eigenvalue weighted by atomic mass is 32.2. The predicted molar refractivity (Wildman–Crippen MR) is 100 cm³/mol. The Morgan fingerprint density at radius 2 is 1.45 bits per heavy atom. The highest BCUT2D eigenvalue weighted by Crippen LogP contribution is 2.24. The van der Waals surface area contributed by atoms with Crippen LogP contribution < -0.4 is 9.47 Å². The summed E-state index contributed by atoms with van der Waals surface area (Å²) in [5, 5.41) is 0. The maximum Gasteiger partial charge on any atom is 0.573 e. The van der Waals surface area contributed by atoms with Gasteiger partial charge in [-0.15, -0.1) is 13.2 Å². The number of benzene rings is 2. The summed E-state index contributed by atoms with van der Waals surface area (Å²) < 4.78 is 72.5. The molecule has 0 radical (unpaired) electrons. The molecule has 0 unspecified atom stereocenters. The number of ether oxygens (including phenoxy) is 2. The summed E-state index contributed by atoms with van der Waals surface area (Å²) in [7, 11) is -2.06. The van der Waals surface area contributed by atoms with Gasteiger partial charge in [0.1, 0.15) is 11.5 Å². The van der Waals surface area contributed by atoms with Gasteiger partial charge in [0.15, 0.2) is 0 Å². The lowest BCUT2D eigenvalue weighted by atomic mass is 10.2. The summed E-state index contributed by atoms with van der Waals surface area (Å²) in [5.41, 5.74) is 0.825. The SMILES string of the molecule is COc1ccc(S(=O)(=O)N2CCN(Cc3ccc(OC(F)(F)F)cc3)CC2)cc1. The minimum absolute atomic E-state index is 0.215. The normalized spacial score (nSPS) is 16.6. The molecule has 0 aromatic heterocycles. The number of methoxy groups -OCH3 is 1. The van der Waals surface area contributed by atoms with Crippen LogP contribution in [0.25, 0.3) is 0 Å². The number of piperazine rings is 1. The van der Waals surface area contributed by atoms with Crippen molar-refractivity contribution in [2.45, 2.75) is 17.8 Å². The van der Waals surface area contributed by atoms with Crippen molar-refractivity contribution in [1.82, 2.24) is 9.21 Å². The fourth-order valence-electron chi connectivity index (χ4n) is 3.08. The van der Waals surface area contributed by atoms with Crippen LogP contribution in [0.2, 0.25) is 0 Å². The first-order chi connectivity index (χ1) is 13.7. The first-order valence-corrected chi connectivity index (χ1v) is 10.3. The Morgan fingerprint density at radius 3 is 1.97 bits per heavy atom. The highest BCUT2D eigenvalue weighted by Gasteiger charge is 2.31. The Morgan fingerprint density at radius 1 is 0.897 bits per heavy atom. The van der Waals surface area contributed by atoms with Gasteiger partial charge in [-0.1, -0.05) is 12.1 Å². The van der Waals surface area contributed by atoms with Crippen molar-refractivity contribution in [1.29, 1.82) is 0 Å². The maximum atomic E-state index is 12.8. The van der Waals surface area contributed by atoms with Gasteiger partial charge in [0.2, 0.25) is 10.0 Å². The molecule has 1 saturated heterocycles. The summed E-state index contributed by atoms with van der Waals surface area (Å²) in [6.45, 7) is 2.24. The largest absolute Gasteiger partial charge is 0.573 e. The van der Waals surface area contributed by atoms with E-state index in [4.69, 9.17) is 4.74 Å². The molecule has 1 heterocycles. The molecule has 0 saturated carbocycles. The maximum absolute atomic E-state index is 12.8. The standard InChI is InChI=1S/C19H21F3N2O4S/c1-27-16-6-8-18(9-7-16)29(25,26)24-12-10-23(11-13-24)14-15-2-4-17(5-3-15)28-19(20,21)22/h2-9H,10-14H2,1H3. The fourth-order valence-corrected chi connectivity index (χ4v) is 4.50. The van der Waals surface area contributed by atoms with E-state index in [0.29, 0.717) is 38.5 Å². The summed E-state index contributed by atoms with van der Waals surface area (Å²) >= 11 is 0. The van der Waals surface area contributed by atoms with E-state index in [2.05, 4.69) is 9.64 Å². The van der Waals surface area contributed by atoms with Crippen molar-refractivity contribution < 1.29 is 31.1 Å². The summed E-state index contributed by atoms with van der Waals surface area (Å²) in [5.74, 6) is 0.317. The van der Waals surface area contributed by atoms with E-state index in [9.17, 15) is 21.6 Å². The topological polar surface area (TPSA) is 59.1 Å². The fraction of sp³-hybridized carbons (Fsp3) is 0.368. The van der Waals surface area contributed by atoms with Crippen molar-refractivity contribution >= 4 is 10.0 Å². The van der Waals surface area contributed by atoms with Gasteiger partial charge in [0.25, 0.3) is 0 Å². The van der Waals surface area contributed by atoms with Gasteiger partial charge < -0.3 is 9.47 Å². The molecule has 10 heteroatoms. The van der Waals surface area contributed by atoms with Crippen LogP contribution in [0.4, 0.5) is 13.2 Å². The third kappa shape index (κ3) is 5.62. The van der Waals surface area contributed by atoms with E-state index in [0.717, 1.165) is 5.56 Å². The zero-order valence-corrected chi connectivity index (χ0v) is 16.5. The van der Waals surface area contributed by atoms with Crippen LogP contribution in [0.5, 0.6) is 11.5 Å². The molecule has 158 valence electrons. The average molecular weight is 430 g/mol. The van der Waals surface area contributed by atoms with Gasteiger partial charge >= 0.3 is 6.36 Å². The number of hydrogen-bond donors (Lipinski definition) is 0. The average Bonchev–Trinajstić information content (AvgIpc) is 2.69. The third-order valence-corrected chi connectivity index (χ3v) is 6.50. The second-order valence-electron chi connectivity index (χ2n) is 6.55. The lowest BCUT2D eigenvalue weighted by molar-refractivity contribution is -0.274. The first-order valence-electron chi connectivity index (χ1n) is 8.89. The molecule has 0 aliphatic carbocycles. The van der Waals surface area contributed by atoms with E-state index < -0.39 is 16.4 Å². The Bertz CT molecular complexity index is 908. The van der Waals surface area contributed by atoms with E-state index in [1.807, 2.05) is 0 Å². The minimum atomic E-state index is -4.72. The molecule has 0 N–H and O–H groups in total. The molecule has 0 amide bonds. The molecular formula is C19H21F3N2O4S. The molecule has 3 rings (SSSR count). The highest BCUT2D eigenvalue weighted by molar-refractivity contribution is 7.89. The van der Waals surface area contributed by atoms with Gasteiger partial charge in [-0.3, -0.25) is 4.90 Å². The molecule has 29 heavy (non-hydrogen) atoms. The number of rotatable bonds is 6. The van der Waals surface area contributed by atoms with Crippen molar-refractivity contribution in [3.8, 4) is 11.5 Å². The van der Waals surface area contributed by atoms with Gasteiger partial charge in [0, 0.05) is 32.7 Å². The quantitative estimate of drug-likeness (QED) is 0.705. The number of alkyl halides is 3. The lowest BCUT2D eigenvalue weighted by Gasteiger charge is -2.34. The predicted octanol–water partition coefficient (Wildman–Crippen LogP) is 3.10. The number of nitrogens with zero attached hydrogens (tertiary/aromatic N) is 2. The van der Waals surface area contributed by atoms with Gasteiger partial charge in [0.05, 0.1) is 12.0 Å². The molecule has 1 aliphatic heterocycles. The van der Waals surface area contributed by atoms with Crippen LogP contribution in [0.15, 0.2) is 53.4 Å². The molecule has 1 aliphatic rings. The Kier molecular flexibility index (Phi) is 6.35. The van der Waals surface area contributed by atoms with E-state index in [-0.39, 0.29) is 10.6 Å². The smallest absolute Gasteiger partial charge is 0.497 e. The van der Waals surface area contributed by atoms with Crippen molar-refractivity contribution in [3.05, 3.63) is 54.1 Å². The van der Waals surface area contributed by atoms with E-state index in [1.54, 1.807) is 24.3 Å². The molecule has 2 aromatic carbocycles. The van der Waals surface area contributed by atoms with Crippen LogP contribution >= 0.6 is 0 Å². The number of halogens is 3. The summed E-state index contributed by atoms with van der Waals surface area (Å²) in [6, 6.07) is 11.9. The minimum Gasteiger partial charge on any atom is -0.497 e. The van der Waals surface area contributed by atoms with Crippen LogP contribution in [0.3, 0.4) is 0 Å². The number of hydrogen-bond acceptors (Lipinski definition) is 5. The molecule has 1 fully saturated rings. The second kappa shape index (κ2) is 8.60. The zero-order valence-electron chi connectivity index (χ0n) is 15.7. The van der Waals surface area contributed by atoms with Gasteiger partial charge in [-0.05, 0) is 42.0 Å². The molecule has 0 atom stereocenters. The van der Waals surface area contributed by atoms with Crippen molar-refractivity contribution in [3.63, 3.8) is 0 Å². The Labute approximate surface area is 167 Å². The van der Waals surface area contributed by atoms with Crippen LogP contribution in [0, 0.1) is 0 Å². The third-order valence-electron chi connectivity index (χ3n) is 4.59. The summed E-state index contributed by atoms with van der Waals surface area (Å²) in [4.78, 5) is 2.27. The Hall–Kier alpha value is -2.30. The molecule has 2 aromatic rings. The molecule has 6 nitrogen and oxygen atoms in total. The molecular weight excluding hydrogens is 409 g/mol. The van der Waals surface area contributed by atoms with Crippen molar-refractivity contribution in [2.75, 3.05) is 33.3 Å². The molecule has 0 bridgehead atoms. The second-order valence-corrected chi connectivity index (χ2v) is 8.49. The molecule has 0 spiro atoms. The van der Waals surface area contributed by atoms with Crippen molar-refractivity contribution in [2.24, 2.45) is 0 Å². The first kappa shape index (κ1) is 21.4. The lowest BCUT2D eigenvalue weighted by Crippen LogP contribution is -2.48. The summed E-state index contributed by atoms with van der Waals surface area (Å²) in [6.07, 6.45) is -4.72. The van der Waals surface area contributed by atoms with Crippen LogP contribution in [0.1, 0.15) is 5.56 Å². The van der Waals surface area contributed by atoms with E-state index >= 15 is 0 Å². The zero-order chi connectivity index (χ0) is 21.1. The van der Waals surface area contributed by atoms with Gasteiger partial charge in [-0.25, -0.2) is 8.42 Å². The van der Waals surface area contributed by atoms with Crippen LogP contribution in [-0.2, 0) is 16.6 Å². The van der Waals surface area contributed by atoms with Crippen LogP contribution in [-0.4, -0.2) is 57.3 Å². The van der Waals surface area contributed by atoms with Gasteiger partial charge in [-0.2, -0.15) is 4.31 Å². The van der Waals surface area contributed by atoms with E-state index in [1.165, 1.54) is 35.7 Å². The number of sulfonamides is 1.